The Bertz CT molecular complexity index is 514. The van der Waals surface area contributed by atoms with Crippen molar-refractivity contribution in [1.82, 2.24) is 9.97 Å². The maximum Gasteiger partial charge on any atom is 0.204 e. The molecule has 2 aromatic heterocycles. The molecule has 2 rings (SSSR count). The van der Waals surface area contributed by atoms with Gasteiger partial charge in [-0.25, -0.2) is 9.97 Å². The number of methoxy groups -OCH3 is 1. The molecule has 0 bridgehead atoms. The van der Waals surface area contributed by atoms with Crippen LogP contribution in [-0.4, -0.2) is 30.2 Å². The molecule has 2 heterocycles. The summed E-state index contributed by atoms with van der Waals surface area (Å²) in [5, 5.41) is 6.47. The molecule has 6 nitrogen and oxygen atoms in total. The fraction of sp³-hybridized carbons (Fsp3) is 0.429. The van der Waals surface area contributed by atoms with E-state index in [4.69, 9.17) is 9.15 Å². The maximum atomic E-state index is 5.39. The standard InChI is InChI=1S/C14H20N4O2/c1-3-7-15-13-12(19-2)14(18-10-17-13)16-8-6-11-5-4-9-20-11/h4-5,9-10H,3,6-8H2,1-2H3,(H2,15,16,17,18). The minimum atomic E-state index is 0.639. The lowest BCUT2D eigenvalue weighted by Gasteiger charge is -2.13. The Morgan fingerprint density at radius 2 is 1.95 bits per heavy atom. The van der Waals surface area contributed by atoms with Crippen molar-refractivity contribution in [2.45, 2.75) is 19.8 Å². The van der Waals surface area contributed by atoms with Crippen molar-refractivity contribution in [2.24, 2.45) is 0 Å². The molecule has 0 fully saturated rings. The molecule has 6 heteroatoms. The predicted octanol–water partition coefficient (Wildman–Crippen LogP) is 2.55. The molecule has 0 aromatic carbocycles. The topological polar surface area (TPSA) is 72.2 Å². The molecule has 0 unspecified atom stereocenters. The Morgan fingerprint density at radius 3 is 2.55 bits per heavy atom. The van der Waals surface area contributed by atoms with Crippen LogP contribution in [0.5, 0.6) is 5.75 Å². The second-order valence-corrected chi connectivity index (χ2v) is 4.29. The monoisotopic (exact) mass is 276 g/mol. The Kier molecular flexibility index (Phi) is 5.23. The van der Waals surface area contributed by atoms with Crippen molar-refractivity contribution < 1.29 is 9.15 Å². The summed E-state index contributed by atoms with van der Waals surface area (Å²) in [6, 6.07) is 3.83. The second kappa shape index (κ2) is 7.37. The Balaban J connectivity index is 1.99. The van der Waals surface area contributed by atoms with Crippen LogP contribution in [0.1, 0.15) is 19.1 Å². The van der Waals surface area contributed by atoms with E-state index < -0.39 is 0 Å². The van der Waals surface area contributed by atoms with E-state index in [9.17, 15) is 0 Å². The van der Waals surface area contributed by atoms with Gasteiger partial charge in [0.25, 0.3) is 0 Å². The zero-order valence-electron chi connectivity index (χ0n) is 11.8. The van der Waals surface area contributed by atoms with Gasteiger partial charge in [-0.1, -0.05) is 6.92 Å². The maximum absolute atomic E-state index is 5.39. The third kappa shape index (κ3) is 3.63. The summed E-state index contributed by atoms with van der Waals surface area (Å²) < 4.78 is 10.7. The first kappa shape index (κ1) is 14.2. The molecule has 2 aromatic rings. The molecule has 0 saturated carbocycles. The summed E-state index contributed by atoms with van der Waals surface area (Å²) in [5.74, 6) is 2.98. The van der Waals surface area contributed by atoms with Gasteiger partial charge in [0, 0.05) is 19.5 Å². The highest BCUT2D eigenvalue weighted by Crippen LogP contribution is 2.28. The summed E-state index contributed by atoms with van der Waals surface area (Å²) in [4.78, 5) is 8.42. The third-order valence-corrected chi connectivity index (χ3v) is 2.79. The highest BCUT2D eigenvalue weighted by Gasteiger charge is 2.11. The first-order valence-electron chi connectivity index (χ1n) is 6.74. The zero-order chi connectivity index (χ0) is 14.2. The molecule has 0 radical (unpaired) electrons. The minimum absolute atomic E-state index is 0.639. The molecule has 0 spiro atoms. The summed E-state index contributed by atoms with van der Waals surface area (Å²) in [5.41, 5.74) is 0. The number of aromatic nitrogens is 2. The number of nitrogens with zero attached hydrogens (tertiary/aromatic N) is 2. The molecule has 0 aliphatic carbocycles. The van der Waals surface area contributed by atoms with Gasteiger partial charge in [0.1, 0.15) is 12.1 Å². The molecule has 0 saturated heterocycles. The van der Waals surface area contributed by atoms with Gasteiger partial charge in [-0.05, 0) is 18.6 Å². The van der Waals surface area contributed by atoms with Gasteiger partial charge in [-0.2, -0.15) is 0 Å². The van der Waals surface area contributed by atoms with E-state index in [0.717, 1.165) is 25.1 Å². The molecule has 0 aliphatic heterocycles. The van der Waals surface area contributed by atoms with Crippen molar-refractivity contribution in [2.75, 3.05) is 30.8 Å². The molecule has 0 amide bonds. The second-order valence-electron chi connectivity index (χ2n) is 4.29. The largest absolute Gasteiger partial charge is 0.490 e. The van der Waals surface area contributed by atoms with Crippen LogP contribution in [0.15, 0.2) is 29.1 Å². The number of nitrogens with one attached hydrogen (secondary N) is 2. The summed E-state index contributed by atoms with van der Waals surface area (Å²) >= 11 is 0. The van der Waals surface area contributed by atoms with Gasteiger partial charge < -0.3 is 19.8 Å². The van der Waals surface area contributed by atoms with Gasteiger partial charge in [0.05, 0.1) is 13.4 Å². The van der Waals surface area contributed by atoms with Crippen molar-refractivity contribution in [3.63, 3.8) is 0 Å². The van der Waals surface area contributed by atoms with Crippen LogP contribution in [-0.2, 0) is 6.42 Å². The zero-order valence-corrected chi connectivity index (χ0v) is 11.8. The smallest absolute Gasteiger partial charge is 0.204 e. The Morgan fingerprint density at radius 1 is 1.20 bits per heavy atom. The minimum Gasteiger partial charge on any atom is -0.490 e. The van der Waals surface area contributed by atoms with Gasteiger partial charge >= 0.3 is 0 Å². The third-order valence-electron chi connectivity index (χ3n) is 2.79. The van der Waals surface area contributed by atoms with Crippen LogP contribution in [0.2, 0.25) is 0 Å². The number of hydrogen-bond acceptors (Lipinski definition) is 6. The van der Waals surface area contributed by atoms with E-state index in [2.05, 4.69) is 27.5 Å². The van der Waals surface area contributed by atoms with E-state index in [1.807, 2.05) is 12.1 Å². The number of hydrogen-bond donors (Lipinski definition) is 2. The molecule has 108 valence electrons. The first-order chi connectivity index (χ1) is 9.85. The number of rotatable bonds is 8. The molecular weight excluding hydrogens is 256 g/mol. The highest BCUT2D eigenvalue weighted by molar-refractivity contribution is 5.63. The lowest BCUT2D eigenvalue weighted by Crippen LogP contribution is -2.10. The molecule has 0 aliphatic rings. The number of furan rings is 1. The van der Waals surface area contributed by atoms with Crippen LogP contribution in [0.25, 0.3) is 0 Å². The lowest BCUT2D eigenvalue weighted by molar-refractivity contribution is 0.414. The molecule has 20 heavy (non-hydrogen) atoms. The van der Waals surface area contributed by atoms with E-state index in [0.29, 0.717) is 23.9 Å². The van der Waals surface area contributed by atoms with E-state index in [1.165, 1.54) is 6.33 Å². The van der Waals surface area contributed by atoms with E-state index in [-0.39, 0.29) is 0 Å². The first-order valence-corrected chi connectivity index (χ1v) is 6.74. The number of ether oxygens (including phenoxy) is 1. The average molecular weight is 276 g/mol. The van der Waals surface area contributed by atoms with Crippen LogP contribution in [0.4, 0.5) is 11.6 Å². The fourth-order valence-electron chi connectivity index (χ4n) is 1.82. The Hall–Kier alpha value is -2.24. The van der Waals surface area contributed by atoms with E-state index >= 15 is 0 Å². The van der Waals surface area contributed by atoms with Crippen LogP contribution in [0.3, 0.4) is 0 Å². The summed E-state index contributed by atoms with van der Waals surface area (Å²) in [7, 11) is 1.62. The van der Waals surface area contributed by atoms with Crippen molar-refractivity contribution in [3.8, 4) is 5.75 Å². The summed E-state index contributed by atoms with van der Waals surface area (Å²) in [6.07, 6.45) is 5.01. The van der Waals surface area contributed by atoms with Crippen molar-refractivity contribution in [3.05, 3.63) is 30.5 Å². The van der Waals surface area contributed by atoms with Crippen molar-refractivity contribution >= 4 is 11.6 Å². The number of anilines is 2. The molecule has 0 atom stereocenters. The molecule has 2 N–H and O–H groups in total. The van der Waals surface area contributed by atoms with Gasteiger partial charge in [-0.3, -0.25) is 0 Å². The van der Waals surface area contributed by atoms with Gasteiger partial charge in [-0.15, -0.1) is 0 Å². The van der Waals surface area contributed by atoms with Crippen LogP contribution < -0.4 is 15.4 Å². The normalized spacial score (nSPS) is 10.3. The van der Waals surface area contributed by atoms with Crippen LogP contribution in [0, 0.1) is 0 Å². The van der Waals surface area contributed by atoms with E-state index in [1.54, 1.807) is 13.4 Å². The van der Waals surface area contributed by atoms with Gasteiger partial charge in [0.2, 0.25) is 5.75 Å². The van der Waals surface area contributed by atoms with Crippen LogP contribution >= 0.6 is 0 Å². The van der Waals surface area contributed by atoms with Crippen molar-refractivity contribution in [1.29, 1.82) is 0 Å². The molecular formula is C14H20N4O2. The SMILES string of the molecule is CCCNc1ncnc(NCCc2ccco2)c1OC. The predicted molar refractivity (Wildman–Crippen MR) is 78.3 cm³/mol. The fourth-order valence-corrected chi connectivity index (χ4v) is 1.82. The average Bonchev–Trinajstić information content (AvgIpc) is 2.98. The quantitative estimate of drug-likeness (QED) is 0.772. The highest BCUT2D eigenvalue weighted by atomic mass is 16.5. The summed E-state index contributed by atoms with van der Waals surface area (Å²) in [6.45, 7) is 3.66. The lowest BCUT2D eigenvalue weighted by atomic mass is 10.3. The van der Waals surface area contributed by atoms with Gasteiger partial charge in [0.15, 0.2) is 11.6 Å². The Labute approximate surface area is 118 Å².